The monoisotopic (exact) mass is 522 g/mol. The minimum atomic E-state index is -1.20. The Hall–Kier alpha value is -3.93. The summed E-state index contributed by atoms with van der Waals surface area (Å²) in [4.78, 5) is 44.8. The zero-order valence-electron chi connectivity index (χ0n) is 21.3. The second-order valence-electron chi connectivity index (χ2n) is 9.79. The number of hydrogen-bond acceptors (Lipinski definition) is 8. The Bertz CT molecular complexity index is 1280. The number of aromatic nitrogens is 4. The molecule has 12 heteroatoms. The Labute approximate surface area is 220 Å². The molecular weight excluding hydrogens is 488 g/mol. The minimum Gasteiger partial charge on any atom is -0.491 e. The summed E-state index contributed by atoms with van der Waals surface area (Å²) in [5.41, 5.74) is 9.17. The highest BCUT2D eigenvalue weighted by atomic mass is 16.5. The lowest BCUT2D eigenvalue weighted by Crippen LogP contribution is -2.49. The van der Waals surface area contributed by atoms with E-state index in [4.69, 9.17) is 10.5 Å². The van der Waals surface area contributed by atoms with Gasteiger partial charge in [0.15, 0.2) is 11.5 Å². The van der Waals surface area contributed by atoms with Crippen molar-refractivity contribution in [2.75, 3.05) is 31.1 Å². The van der Waals surface area contributed by atoms with Crippen LogP contribution in [0.5, 0.6) is 5.75 Å². The number of carbonyl (C=O) groups excluding carboxylic acids is 1. The Morgan fingerprint density at radius 1 is 1.24 bits per heavy atom. The van der Waals surface area contributed by atoms with Gasteiger partial charge in [0.1, 0.15) is 30.2 Å². The van der Waals surface area contributed by atoms with Gasteiger partial charge in [-0.3, -0.25) is 4.79 Å². The fraction of sp³-hybridized carbons (Fsp3) is 0.500. The lowest BCUT2D eigenvalue weighted by atomic mass is 9.97. The number of benzene rings is 1. The van der Waals surface area contributed by atoms with Gasteiger partial charge in [0, 0.05) is 25.2 Å². The van der Waals surface area contributed by atoms with Crippen molar-refractivity contribution < 1.29 is 19.4 Å². The third kappa shape index (κ3) is 5.49. The van der Waals surface area contributed by atoms with Crippen molar-refractivity contribution in [3.05, 3.63) is 42.0 Å². The van der Waals surface area contributed by atoms with Gasteiger partial charge >= 0.3 is 6.09 Å². The van der Waals surface area contributed by atoms with E-state index in [1.165, 1.54) is 0 Å². The van der Waals surface area contributed by atoms with Crippen LogP contribution >= 0.6 is 0 Å². The largest absolute Gasteiger partial charge is 0.491 e. The molecule has 2 aliphatic heterocycles. The maximum absolute atomic E-state index is 13.3. The first kappa shape index (κ1) is 25.7. The van der Waals surface area contributed by atoms with Crippen LogP contribution in [0.4, 0.5) is 10.6 Å². The zero-order chi connectivity index (χ0) is 26.5. The molecule has 1 saturated heterocycles. The first-order valence-electron chi connectivity index (χ1n) is 13.2. The molecule has 0 spiro atoms. The van der Waals surface area contributed by atoms with Crippen LogP contribution in [-0.2, 0) is 17.8 Å². The molecule has 3 aromatic rings. The predicted octanol–water partition coefficient (Wildman–Crippen LogP) is 2.05. The Morgan fingerprint density at radius 2 is 2.13 bits per heavy atom. The van der Waals surface area contributed by atoms with Gasteiger partial charge in [-0.15, -0.1) is 0 Å². The molecule has 1 aromatic carbocycles. The van der Waals surface area contributed by atoms with Gasteiger partial charge in [0.25, 0.3) is 0 Å². The maximum atomic E-state index is 13.3. The molecule has 2 amide bonds. The minimum absolute atomic E-state index is 0.133. The number of carbonyl (C=O) groups is 2. The molecule has 1 fully saturated rings. The highest BCUT2D eigenvalue weighted by Gasteiger charge is 2.31. The summed E-state index contributed by atoms with van der Waals surface area (Å²) in [5.74, 6) is 1.35. The van der Waals surface area contributed by atoms with Crippen molar-refractivity contribution in [1.82, 2.24) is 30.2 Å². The number of H-pyrrole nitrogens is 1. The van der Waals surface area contributed by atoms with Crippen LogP contribution < -0.4 is 20.7 Å². The van der Waals surface area contributed by atoms with Crippen LogP contribution in [0.25, 0.3) is 11.2 Å². The smallest absolute Gasteiger partial charge is 0.405 e. The van der Waals surface area contributed by atoms with Crippen LogP contribution in [0.3, 0.4) is 0 Å². The van der Waals surface area contributed by atoms with Gasteiger partial charge in [-0.25, -0.2) is 19.7 Å². The van der Waals surface area contributed by atoms with E-state index >= 15 is 0 Å². The molecule has 5 rings (SSSR count). The number of fused-ring (bicyclic) bond motifs is 2. The molecule has 2 aromatic heterocycles. The van der Waals surface area contributed by atoms with E-state index in [2.05, 4.69) is 36.2 Å². The molecule has 0 saturated carbocycles. The van der Waals surface area contributed by atoms with Gasteiger partial charge in [-0.05, 0) is 56.7 Å². The number of hydrogen-bond donors (Lipinski definition) is 4. The number of aromatic amines is 1. The van der Waals surface area contributed by atoms with E-state index in [-0.39, 0.29) is 11.9 Å². The standard InChI is InChI=1S/C26H34N8O4/c27-10-2-1-7-20(32-26(36)37)25(35)33-12-9-17-5-3-8-21(19(17)13-33)38-14-18-6-4-11-34(18)24-22-23(29-15-28-22)30-16-31-24/h3,5,8,15-16,18,20,32H,1-2,4,6-7,9-14,27H2,(H,36,37)(H,28,29,30,31)/t18-,20?/m1/s1. The lowest BCUT2D eigenvalue weighted by Gasteiger charge is -2.33. The molecule has 12 nitrogen and oxygen atoms in total. The average molecular weight is 523 g/mol. The molecule has 38 heavy (non-hydrogen) atoms. The van der Waals surface area contributed by atoms with Crippen molar-refractivity contribution in [2.45, 2.75) is 57.2 Å². The third-order valence-electron chi connectivity index (χ3n) is 7.36. The highest BCUT2D eigenvalue weighted by molar-refractivity contribution is 5.85. The third-order valence-corrected chi connectivity index (χ3v) is 7.36. The summed E-state index contributed by atoms with van der Waals surface area (Å²) in [5, 5.41) is 11.7. The van der Waals surface area contributed by atoms with E-state index in [9.17, 15) is 14.7 Å². The molecule has 2 atom stereocenters. The van der Waals surface area contributed by atoms with Crippen LogP contribution in [0.15, 0.2) is 30.9 Å². The SMILES string of the molecule is NCCCCC(NC(=O)O)C(=O)N1CCc2cccc(OC[C@H]3CCCN3c3ncnc4[nH]cnc34)c2C1. The molecule has 0 radical (unpaired) electrons. The number of amides is 2. The topological polar surface area (TPSA) is 163 Å². The van der Waals surface area contributed by atoms with Gasteiger partial charge in [-0.1, -0.05) is 12.1 Å². The first-order chi connectivity index (χ1) is 18.5. The Morgan fingerprint density at radius 3 is 2.97 bits per heavy atom. The molecule has 4 heterocycles. The number of nitrogens with two attached hydrogens (primary N) is 1. The van der Waals surface area contributed by atoms with Gasteiger partial charge in [-0.2, -0.15) is 0 Å². The van der Waals surface area contributed by atoms with Crippen molar-refractivity contribution in [3.63, 3.8) is 0 Å². The van der Waals surface area contributed by atoms with Crippen LogP contribution in [0, 0.1) is 0 Å². The van der Waals surface area contributed by atoms with E-state index in [1.807, 2.05) is 12.1 Å². The number of nitrogens with zero attached hydrogens (tertiary/aromatic N) is 5. The number of imidazole rings is 1. The van der Waals surface area contributed by atoms with E-state index in [1.54, 1.807) is 17.6 Å². The predicted molar refractivity (Wildman–Crippen MR) is 141 cm³/mol. The van der Waals surface area contributed by atoms with E-state index < -0.39 is 12.1 Å². The fourth-order valence-corrected chi connectivity index (χ4v) is 5.43. The molecule has 2 aliphatic rings. The van der Waals surface area contributed by atoms with Crippen molar-refractivity contribution >= 4 is 29.0 Å². The number of nitrogens with one attached hydrogen (secondary N) is 2. The van der Waals surface area contributed by atoms with Crippen LogP contribution in [-0.4, -0.2) is 80.3 Å². The fourth-order valence-electron chi connectivity index (χ4n) is 5.43. The Balaban J connectivity index is 1.28. The molecule has 1 unspecified atom stereocenters. The second kappa shape index (κ2) is 11.6. The summed E-state index contributed by atoms with van der Waals surface area (Å²) >= 11 is 0. The number of unbranched alkanes of at least 4 members (excludes halogenated alkanes) is 1. The quantitative estimate of drug-likeness (QED) is 0.292. The summed E-state index contributed by atoms with van der Waals surface area (Å²) in [6, 6.07) is 5.34. The molecule has 0 bridgehead atoms. The number of anilines is 1. The number of rotatable bonds is 10. The lowest BCUT2D eigenvalue weighted by molar-refractivity contribution is -0.134. The molecular formula is C26H34N8O4. The maximum Gasteiger partial charge on any atom is 0.405 e. The normalized spacial score (nSPS) is 17.9. The van der Waals surface area contributed by atoms with Crippen molar-refractivity contribution in [3.8, 4) is 5.75 Å². The van der Waals surface area contributed by atoms with Crippen LogP contribution in [0.1, 0.15) is 43.2 Å². The van der Waals surface area contributed by atoms with Gasteiger partial charge < -0.3 is 35.7 Å². The summed E-state index contributed by atoms with van der Waals surface area (Å²) in [7, 11) is 0. The average Bonchev–Trinajstić information content (AvgIpc) is 3.60. The van der Waals surface area contributed by atoms with E-state index in [0.29, 0.717) is 51.2 Å². The molecule has 5 N–H and O–H groups in total. The molecule has 0 aliphatic carbocycles. The van der Waals surface area contributed by atoms with E-state index in [0.717, 1.165) is 54.0 Å². The number of ether oxygens (including phenoxy) is 1. The zero-order valence-corrected chi connectivity index (χ0v) is 21.3. The summed E-state index contributed by atoms with van der Waals surface area (Å²) in [6.07, 6.45) is 6.51. The second-order valence-corrected chi connectivity index (χ2v) is 9.79. The Kier molecular flexibility index (Phi) is 7.87. The number of carboxylic acid groups (broad SMARTS) is 1. The first-order valence-corrected chi connectivity index (χ1v) is 13.2. The highest BCUT2D eigenvalue weighted by Crippen LogP contribution is 2.32. The summed E-state index contributed by atoms with van der Waals surface area (Å²) < 4.78 is 6.39. The van der Waals surface area contributed by atoms with Crippen molar-refractivity contribution in [2.24, 2.45) is 5.73 Å². The molecule has 202 valence electrons. The van der Waals surface area contributed by atoms with Crippen molar-refractivity contribution in [1.29, 1.82) is 0 Å². The van der Waals surface area contributed by atoms with Crippen LogP contribution in [0.2, 0.25) is 0 Å². The van der Waals surface area contributed by atoms with Gasteiger partial charge in [0.2, 0.25) is 5.91 Å². The summed E-state index contributed by atoms with van der Waals surface area (Å²) in [6.45, 7) is 2.77. The van der Waals surface area contributed by atoms with Gasteiger partial charge in [0.05, 0.1) is 12.4 Å².